The van der Waals surface area contributed by atoms with E-state index in [4.69, 9.17) is 0 Å². The summed E-state index contributed by atoms with van der Waals surface area (Å²) in [5, 5.41) is 2.92. The number of carbonyl (C=O) groups excluding carboxylic acids is 1. The molecule has 1 aromatic rings. The summed E-state index contributed by atoms with van der Waals surface area (Å²) in [5.74, 6) is 0. The van der Waals surface area contributed by atoms with Crippen molar-refractivity contribution in [3.8, 4) is 0 Å². The van der Waals surface area contributed by atoms with E-state index >= 15 is 0 Å². The third-order valence-electron chi connectivity index (χ3n) is 2.79. The Morgan fingerprint density at radius 3 is 2.81 bits per heavy atom. The molecule has 1 aliphatic rings. The maximum Gasteiger partial charge on any atom is 0.321 e. The van der Waals surface area contributed by atoms with E-state index < -0.39 is 0 Å². The van der Waals surface area contributed by atoms with E-state index in [1.807, 2.05) is 12.1 Å². The van der Waals surface area contributed by atoms with Crippen LogP contribution in [0.2, 0.25) is 0 Å². The predicted octanol–water partition coefficient (Wildman–Crippen LogP) is 1.73. The number of carbonyl (C=O) groups is 1. The van der Waals surface area contributed by atoms with Gasteiger partial charge >= 0.3 is 6.03 Å². The molecule has 0 atom stereocenters. The fourth-order valence-corrected chi connectivity index (χ4v) is 1.93. The molecule has 2 rings (SSSR count). The summed E-state index contributed by atoms with van der Waals surface area (Å²) in [5.41, 5.74) is 3.47. The summed E-state index contributed by atoms with van der Waals surface area (Å²) in [7, 11) is 5.56. The molecule has 4 nitrogen and oxygen atoms in total. The van der Waals surface area contributed by atoms with Gasteiger partial charge in [0, 0.05) is 32.9 Å². The van der Waals surface area contributed by atoms with Crippen LogP contribution in [0.5, 0.6) is 0 Å². The van der Waals surface area contributed by atoms with Crippen LogP contribution in [0.1, 0.15) is 11.1 Å². The fourth-order valence-electron chi connectivity index (χ4n) is 1.93. The molecule has 1 aromatic carbocycles. The molecule has 0 fully saturated rings. The number of hydrogen-bond acceptors (Lipinski definition) is 2. The van der Waals surface area contributed by atoms with Gasteiger partial charge in [-0.05, 0) is 24.2 Å². The number of nitrogens with one attached hydrogen (secondary N) is 1. The first-order valence-electron chi connectivity index (χ1n) is 5.35. The molecule has 0 saturated carbocycles. The summed E-state index contributed by atoms with van der Waals surface area (Å²) >= 11 is 0. The van der Waals surface area contributed by atoms with Crippen LogP contribution >= 0.6 is 0 Å². The minimum absolute atomic E-state index is 0.0806. The number of rotatable bonds is 1. The smallest absolute Gasteiger partial charge is 0.321 e. The average molecular weight is 219 g/mol. The highest BCUT2D eigenvalue weighted by atomic mass is 16.2. The lowest BCUT2D eigenvalue weighted by atomic mass is 10.1. The molecule has 2 amide bonds. The molecule has 1 N–H and O–H groups in total. The van der Waals surface area contributed by atoms with Crippen molar-refractivity contribution in [1.29, 1.82) is 0 Å². The lowest BCUT2D eigenvalue weighted by Crippen LogP contribution is -2.27. The van der Waals surface area contributed by atoms with Gasteiger partial charge in [0.15, 0.2) is 0 Å². The van der Waals surface area contributed by atoms with Gasteiger partial charge in [-0.2, -0.15) is 0 Å². The molecule has 0 saturated heterocycles. The standard InChI is InChI=1S/C12H17N3O/c1-14(2)12(16)13-11-6-4-5-9-7-15(3)8-10(9)11/h4-6H,7-8H2,1-3H3,(H,13,16). The second kappa shape index (κ2) is 4.14. The maximum absolute atomic E-state index is 11.6. The Morgan fingerprint density at radius 1 is 1.38 bits per heavy atom. The molecule has 0 spiro atoms. The molecule has 86 valence electrons. The zero-order chi connectivity index (χ0) is 11.7. The molecule has 0 aromatic heterocycles. The summed E-state index contributed by atoms with van der Waals surface area (Å²) < 4.78 is 0. The molecule has 0 radical (unpaired) electrons. The first-order valence-corrected chi connectivity index (χ1v) is 5.35. The lowest BCUT2D eigenvalue weighted by Gasteiger charge is -2.14. The first kappa shape index (κ1) is 11.0. The zero-order valence-corrected chi connectivity index (χ0v) is 9.95. The largest absolute Gasteiger partial charge is 0.331 e. The fraction of sp³-hybridized carbons (Fsp3) is 0.417. The van der Waals surface area contributed by atoms with Crippen LogP contribution in [0.25, 0.3) is 0 Å². The summed E-state index contributed by atoms with van der Waals surface area (Å²) in [4.78, 5) is 15.4. The van der Waals surface area contributed by atoms with Crippen molar-refractivity contribution < 1.29 is 4.79 Å². The highest BCUT2D eigenvalue weighted by Gasteiger charge is 2.19. The molecular weight excluding hydrogens is 202 g/mol. The van der Waals surface area contributed by atoms with E-state index in [2.05, 4.69) is 23.3 Å². The maximum atomic E-state index is 11.6. The van der Waals surface area contributed by atoms with Crippen LogP contribution in [0, 0.1) is 0 Å². The van der Waals surface area contributed by atoms with Gasteiger partial charge in [-0.15, -0.1) is 0 Å². The highest BCUT2D eigenvalue weighted by Crippen LogP contribution is 2.28. The van der Waals surface area contributed by atoms with Crippen LogP contribution in [0.3, 0.4) is 0 Å². The van der Waals surface area contributed by atoms with Gasteiger partial charge in [0.2, 0.25) is 0 Å². The van der Waals surface area contributed by atoms with Gasteiger partial charge in [0.05, 0.1) is 0 Å². The zero-order valence-electron chi connectivity index (χ0n) is 9.95. The van der Waals surface area contributed by atoms with E-state index in [1.54, 1.807) is 14.1 Å². The van der Waals surface area contributed by atoms with Crippen molar-refractivity contribution in [2.24, 2.45) is 0 Å². The Balaban J connectivity index is 2.24. The van der Waals surface area contributed by atoms with E-state index in [9.17, 15) is 4.79 Å². The summed E-state index contributed by atoms with van der Waals surface area (Å²) in [6.45, 7) is 1.86. The summed E-state index contributed by atoms with van der Waals surface area (Å²) in [6, 6.07) is 5.98. The third-order valence-corrected chi connectivity index (χ3v) is 2.79. The second-order valence-corrected chi connectivity index (χ2v) is 4.44. The Morgan fingerprint density at radius 2 is 2.12 bits per heavy atom. The Bertz CT molecular complexity index is 415. The topological polar surface area (TPSA) is 35.6 Å². The normalized spacial score (nSPS) is 14.7. The second-order valence-electron chi connectivity index (χ2n) is 4.44. The Kier molecular flexibility index (Phi) is 2.83. The van der Waals surface area contributed by atoms with Gasteiger partial charge in [-0.25, -0.2) is 4.79 Å². The van der Waals surface area contributed by atoms with Crippen molar-refractivity contribution >= 4 is 11.7 Å². The van der Waals surface area contributed by atoms with E-state index in [0.717, 1.165) is 18.8 Å². The van der Waals surface area contributed by atoms with Crippen molar-refractivity contribution in [3.05, 3.63) is 29.3 Å². The molecule has 16 heavy (non-hydrogen) atoms. The molecular formula is C12H17N3O. The quantitative estimate of drug-likeness (QED) is 0.780. The molecule has 1 heterocycles. The van der Waals surface area contributed by atoms with E-state index in [1.165, 1.54) is 16.0 Å². The Labute approximate surface area is 95.8 Å². The minimum atomic E-state index is -0.0806. The Hall–Kier alpha value is -1.55. The molecule has 0 aliphatic carbocycles. The van der Waals surface area contributed by atoms with Gasteiger partial charge in [0.25, 0.3) is 0 Å². The number of urea groups is 1. The third kappa shape index (κ3) is 2.02. The van der Waals surface area contributed by atoms with Crippen LogP contribution in [-0.4, -0.2) is 37.0 Å². The monoisotopic (exact) mass is 219 g/mol. The molecule has 4 heteroatoms. The number of fused-ring (bicyclic) bond motifs is 1. The van der Waals surface area contributed by atoms with E-state index in [-0.39, 0.29) is 6.03 Å². The van der Waals surface area contributed by atoms with E-state index in [0.29, 0.717) is 0 Å². The van der Waals surface area contributed by atoms with Gasteiger partial charge < -0.3 is 10.2 Å². The van der Waals surface area contributed by atoms with Crippen molar-refractivity contribution in [2.45, 2.75) is 13.1 Å². The average Bonchev–Trinajstić information content (AvgIpc) is 2.59. The number of amides is 2. The van der Waals surface area contributed by atoms with Gasteiger partial charge in [-0.3, -0.25) is 4.90 Å². The van der Waals surface area contributed by atoms with Crippen molar-refractivity contribution in [2.75, 3.05) is 26.5 Å². The van der Waals surface area contributed by atoms with Crippen molar-refractivity contribution in [3.63, 3.8) is 0 Å². The minimum Gasteiger partial charge on any atom is -0.331 e. The van der Waals surface area contributed by atoms with Crippen LogP contribution in [0.15, 0.2) is 18.2 Å². The number of hydrogen-bond donors (Lipinski definition) is 1. The SMILES string of the molecule is CN1Cc2cccc(NC(=O)N(C)C)c2C1. The highest BCUT2D eigenvalue weighted by molar-refractivity contribution is 5.90. The number of anilines is 1. The van der Waals surface area contributed by atoms with Crippen molar-refractivity contribution in [1.82, 2.24) is 9.80 Å². The lowest BCUT2D eigenvalue weighted by molar-refractivity contribution is 0.230. The number of nitrogens with zero attached hydrogens (tertiary/aromatic N) is 2. The van der Waals surface area contributed by atoms with Crippen LogP contribution in [0.4, 0.5) is 10.5 Å². The predicted molar refractivity (Wildman–Crippen MR) is 64.3 cm³/mol. The van der Waals surface area contributed by atoms with Crippen LogP contribution in [-0.2, 0) is 13.1 Å². The van der Waals surface area contributed by atoms with Crippen LogP contribution < -0.4 is 5.32 Å². The summed E-state index contributed by atoms with van der Waals surface area (Å²) in [6.07, 6.45) is 0. The van der Waals surface area contributed by atoms with Gasteiger partial charge in [0.1, 0.15) is 0 Å². The molecule has 0 unspecified atom stereocenters. The first-order chi connectivity index (χ1) is 7.58. The molecule has 1 aliphatic heterocycles. The number of benzene rings is 1. The van der Waals surface area contributed by atoms with Gasteiger partial charge in [-0.1, -0.05) is 12.1 Å². The molecule has 0 bridgehead atoms.